The van der Waals surface area contributed by atoms with Crippen molar-refractivity contribution >= 4 is 76.4 Å². The number of hydrogen-bond donors (Lipinski definition) is 0. The Balaban J connectivity index is 1.84. The summed E-state index contributed by atoms with van der Waals surface area (Å²) >= 11 is 16.0. The smallest absolute Gasteiger partial charge is 0.137 e. The molecule has 0 bridgehead atoms. The highest BCUT2D eigenvalue weighted by atomic mass is 35.5. The number of hydrogen-bond acceptors (Lipinski definition) is 4. The van der Waals surface area contributed by atoms with Crippen molar-refractivity contribution in [1.82, 2.24) is 9.97 Å². The van der Waals surface area contributed by atoms with E-state index >= 15 is 0 Å². The Hall–Kier alpha value is -1.46. The number of aromatic nitrogens is 2. The van der Waals surface area contributed by atoms with E-state index in [0.29, 0.717) is 20.1 Å². The summed E-state index contributed by atoms with van der Waals surface area (Å²) in [5.74, 6) is 0. The molecule has 0 aliphatic rings. The largest absolute Gasteiger partial charge is 0.235 e. The maximum atomic E-state index is 6.45. The molecule has 0 aliphatic carbocycles. The van der Waals surface area contributed by atoms with Crippen LogP contribution in [-0.4, -0.2) is 9.97 Å². The van der Waals surface area contributed by atoms with Gasteiger partial charge >= 0.3 is 0 Å². The van der Waals surface area contributed by atoms with Gasteiger partial charge in [0.2, 0.25) is 0 Å². The molecule has 0 amide bonds. The maximum absolute atomic E-state index is 6.45. The Kier molecular flexibility index (Phi) is 3.62. The van der Waals surface area contributed by atoms with Gasteiger partial charge in [-0.15, -0.1) is 22.7 Å². The minimum absolute atomic E-state index is 0.446. The average Bonchev–Trinajstić information content (AvgIpc) is 3.16. The third-order valence-corrected chi connectivity index (χ3v) is 6.32. The monoisotopic (exact) mass is 362 g/mol. The first kappa shape index (κ1) is 14.2. The fourth-order valence-corrected chi connectivity index (χ4v) is 4.54. The summed E-state index contributed by atoms with van der Waals surface area (Å²) in [6.45, 7) is 0. The molecule has 6 heteroatoms. The molecule has 0 N–H and O–H groups in total. The zero-order chi connectivity index (χ0) is 15.1. The fourth-order valence-electron chi connectivity index (χ4n) is 2.12. The number of nitrogens with zero attached hydrogens (tertiary/aromatic N) is 2. The van der Waals surface area contributed by atoms with Gasteiger partial charge in [-0.25, -0.2) is 9.97 Å². The summed E-state index contributed by atoms with van der Waals surface area (Å²) in [6, 6.07) is 15.8. The van der Waals surface area contributed by atoms with Crippen molar-refractivity contribution in [3.63, 3.8) is 0 Å². The van der Waals surface area contributed by atoms with Gasteiger partial charge in [0.05, 0.1) is 30.5 Å². The van der Waals surface area contributed by atoms with Crippen molar-refractivity contribution in [2.45, 2.75) is 0 Å². The topological polar surface area (TPSA) is 25.8 Å². The molecule has 0 saturated heterocycles. The first-order valence-corrected chi connectivity index (χ1v) is 8.88. The number of para-hydroxylation sites is 2. The lowest BCUT2D eigenvalue weighted by Gasteiger charge is -1.96. The quantitative estimate of drug-likeness (QED) is 0.423. The second kappa shape index (κ2) is 5.63. The van der Waals surface area contributed by atoms with Crippen molar-refractivity contribution in [3.05, 3.63) is 58.5 Å². The van der Waals surface area contributed by atoms with E-state index < -0.39 is 0 Å². The van der Waals surface area contributed by atoms with Gasteiger partial charge in [-0.1, -0.05) is 47.5 Å². The zero-order valence-electron chi connectivity index (χ0n) is 11.1. The molecule has 0 saturated carbocycles. The van der Waals surface area contributed by atoms with Gasteiger partial charge < -0.3 is 0 Å². The van der Waals surface area contributed by atoms with Crippen LogP contribution in [-0.2, 0) is 0 Å². The molecule has 0 unspecified atom stereocenters. The Bertz CT molecular complexity index is 869. The SMILES string of the molecule is Cl/C(=C(/Cl)c1nc2ccccc2s1)c1nc2ccccc2s1. The first-order chi connectivity index (χ1) is 10.7. The molecule has 0 radical (unpaired) electrons. The zero-order valence-corrected chi connectivity index (χ0v) is 14.2. The molecule has 2 heterocycles. The van der Waals surface area contributed by atoms with Gasteiger partial charge in [-0.05, 0) is 24.3 Å². The normalized spacial score (nSPS) is 12.8. The molecule has 22 heavy (non-hydrogen) atoms. The van der Waals surface area contributed by atoms with Crippen LogP contribution in [0.5, 0.6) is 0 Å². The van der Waals surface area contributed by atoms with Crippen LogP contribution in [0.2, 0.25) is 0 Å². The van der Waals surface area contributed by atoms with E-state index in [1.54, 1.807) is 0 Å². The highest BCUT2D eigenvalue weighted by molar-refractivity contribution is 7.21. The summed E-state index contributed by atoms with van der Waals surface area (Å²) in [5, 5.41) is 2.32. The lowest BCUT2D eigenvalue weighted by atomic mass is 10.3. The molecule has 2 aromatic heterocycles. The Labute approximate surface area is 144 Å². The molecule has 0 fully saturated rings. The highest BCUT2D eigenvalue weighted by Crippen LogP contribution is 2.38. The third-order valence-electron chi connectivity index (χ3n) is 3.16. The van der Waals surface area contributed by atoms with Gasteiger partial charge in [-0.2, -0.15) is 0 Å². The van der Waals surface area contributed by atoms with E-state index in [2.05, 4.69) is 9.97 Å². The predicted octanol–water partition coefficient (Wildman–Crippen LogP) is 6.21. The summed E-state index contributed by atoms with van der Waals surface area (Å²) in [5.41, 5.74) is 1.85. The second-order valence-corrected chi connectivity index (χ2v) is 7.42. The highest BCUT2D eigenvalue weighted by Gasteiger charge is 2.15. The number of benzene rings is 2. The number of halogens is 2. The maximum Gasteiger partial charge on any atom is 0.137 e. The van der Waals surface area contributed by atoms with Gasteiger partial charge in [0.15, 0.2) is 0 Å². The Morgan fingerprint density at radius 3 is 1.50 bits per heavy atom. The van der Waals surface area contributed by atoms with Crippen LogP contribution in [0, 0.1) is 0 Å². The van der Waals surface area contributed by atoms with Crippen molar-refractivity contribution < 1.29 is 0 Å². The van der Waals surface area contributed by atoms with E-state index in [0.717, 1.165) is 20.4 Å². The molecule has 2 aromatic carbocycles. The summed E-state index contributed by atoms with van der Waals surface area (Å²) in [6.07, 6.45) is 0. The number of fused-ring (bicyclic) bond motifs is 2. The summed E-state index contributed by atoms with van der Waals surface area (Å²) in [4.78, 5) is 9.07. The van der Waals surface area contributed by atoms with Crippen LogP contribution in [0.3, 0.4) is 0 Å². The first-order valence-electron chi connectivity index (χ1n) is 6.49. The molecule has 0 atom stereocenters. The number of thiazole rings is 2. The molecule has 0 aliphatic heterocycles. The molecular formula is C16H8Cl2N2S2. The van der Waals surface area contributed by atoms with E-state index in [4.69, 9.17) is 23.2 Å². The lowest BCUT2D eigenvalue weighted by molar-refractivity contribution is 1.44. The van der Waals surface area contributed by atoms with Crippen LogP contribution in [0.25, 0.3) is 30.5 Å². The van der Waals surface area contributed by atoms with Crippen molar-refractivity contribution in [2.24, 2.45) is 0 Å². The predicted molar refractivity (Wildman–Crippen MR) is 97.8 cm³/mol. The molecule has 4 rings (SSSR count). The third kappa shape index (κ3) is 2.42. The van der Waals surface area contributed by atoms with Crippen LogP contribution < -0.4 is 0 Å². The van der Waals surface area contributed by atoms with E-state index in [1.807, 2.05) is 48.5 Å². The van der Waals surface area contributed by atoms with Gasteiger partial charge in [0, 0.05) is 0 Å². The summed E-state index contributed by atoms with van der Waals surface area (Å²) in [7, 11) is 0. The van der Waals surface area contributed by atoms with Crippen molar-refractivity contribution in [2.75, 3.05) is 0 Å². The van der Waals surface area contributed by atoms with Gasteiger partial charge in [0.1, 0.15) is 10.0 Å². The fraction of sp³-hybridized carbons (Fsp3) is 0. The molecular weight excluding hydrogens is 355 g/mol. The van der Waals surface area contributed by atoms with Gasteiger partial charge in [-0.3, -0.25) is 0 Å². The van der Waals surface area contributed by atoms with Crippen molar-refractivity contribution in [1.29, 1.82) is 0 Å². The molecule has 4 aromatic rings. The Morgan fingerprint density at radius 1 is 0.682 bits per heavy atom. The van der Waals surface area contributed by atoms with Crippen LogP contribution in [0.1, 0.15) is 10.0 Å². The standard InChI is InChI=1S/C16H8Cl2N2S2/c17-13(15-19-9-5-1-3-7-11(9)21-15)14(18)16-20-10-6-2-4-8-12(10)22-16/h1-8H/b14-13+. The minimum Gasteiger partial charge on any atom is -0.235 e. The number of rotatable bonds is 2. The van der Waals surface area contributed by atoms with Crippen LogP contribution in [0.4, 0.5) is 0 Å². The Morgan fingerprint density at radius 2 is 1.09 bits per heavy atom. The van der Waals surface area contributed by atoms with Crippen LogP contribution in [0.15, 0.2) is 48.5 Å². The van der Waals surface area contributed by atoms with Gasteiger partial charge in [0.25, 0.3) is 0 Å². The molecule has 2 nitrogen and oxygen atoms in total. The second-order valence-electron chi connectivity index (χ2n) is 4.60. The average molecular weight is 363 g/mol. The van der Waals surface area contributed by atoms with E-state index in [-0.39, 0.29) is 0 Å². The molecule has 108 valence electrons. The molecule has 0 spiro atoms. The lowest BCUT2D eigenvalue weighted by Crippen LogP contribution is -1.80. The van der Waals surface area contributed by atoms with Crippen LogP contribution >= 0.6 is 45.9 Å². The summed E-state index contributed by atoms with van der Waals surface area (Å²) < 4.78 is 2.17. The minimum atomic E-state index is 0.446. The van der Waals surface area contributed by atoms with E-state index in [9.17, 15) is 0 Å². The van der Waals surface area contributed by atoms with E-state index in [1.165, 1.54) is 22.7 Å². The van der Waals surface area contributed by atoms with Crippen molar-refractivity contribution in [3.8, 4) is 0 Å².